The predicted octanol–water partition coefficient (Wildman–Crippen LogP) is 2.17. The van der Waals surface area contributed by atoms with Crippen LogP contribution >= 0.6 is 33.3 Å². The van der Waals surface area contributed by atoms with Crippen LogP contribution in [0.15, 0.2) is 0 Å². The summed E-state index contributed by atoms with van der Waals surface area (Å²) < 4.78 is 0. The summed E-state index contributed by atoms with van der Waals surface area (Å²) in [5.41, 5.74) is -0.185. The molecule has 0 aromatic heterocycles. The van der Waals surface area contributed by atoms with Crippen molar-refractivity contribution in [3.8, 4) is 0 Å². The Morgan fingerprint density at radius 2 is 2.00 bits per heavy atom. The average Bonchev–Trinajstić information content (AvgIpc) is 2.62. The van der Waals surface area contributed by atoms with Crippen LogP contribution in [0.2, 0.25) is 0 Å². The number of nitrogens with one attached hydrogen (secondary N) is 1. The van der Waals surface area contributed by atoms with Crippen molar-refractivity contribution < 1.29 is 9.59 Å². The van der Waals surface area contributed by atoms with Crippen molar-refractivity contribution in [3.63, 3.8) is 0 Å². The van der Waals surface area contributed by atoms with Gasteiger partial charge in [0, 0.05) is 30.2 Å². The van der Waals surface area contributed by atoms with Gasteiger partial charge in [0.1, 0.15) is 0 Å². The van der Waals surface area contributed by atoms with E-state index in [1.165, 1.54) is 18.7 Å². The van der Waals surface area contributed by atoms with Crippen LogP contribution in [0.4, 0.5) is 0 Å². The molecule has 0 spiro atoms. The molecule has 1 amide bonds. The van der Waals surface area contributed by atoms with Crippen molar-refractivity contribution in [2.24, 2.45) is 5.41 Å². The summed E-state index contributed by atoms with van der Waals surface area (Å²) in [6.45, 7) is 5.44. The highest BCUT2D eigenvalue weighted by Gasteiger charge is 2.37. The molecule has 16 heavy (non-hydrogen) atoms. The van der Waals surface area contributed by atoms with Crippen LogP contribution in [0.3, 0.4) is 0 Å². The van der Waals surface area contributed by atoms with Gasteiger partial charge >= 0.3 is 0 Å². The zero-order valence-electron chi connectivity index (χ0n) is 9.74. The van der Waals surface area contributed by atoms with Crippen molar-refractivity contribution in [1.82, 2.24) is 5.32 Å². The van der Waals surface area contributed by atoms with Gasteiger partial charge in [-0.3, -0.25) is 9.59 Å². The van der Waals surface area contributed by atoms with Gasteiger partial charge in [-0.05, 0) is 6.92 Å². The first kappa shape index (κ1) is 14.3. The molecule has 1 N–H and O–H groups in total. The van der Waals surface area contributed by atoms with E-state index in [2.05, 4.69) is 5.32 Å². The molecule has 0 aliphatic carbocycles. The topological polar surface area (TPSA) is 46.2 Å². The molecule has 1 atom stereocenters. The third-order valence-electron chi connectivity index (χ3n) is 2.25. The summed E-state index contributed by atoms with van der Waals surface area (Å²) in [7, 11) is 3.53. The Bertz CT molecular complexity index is 277. The predicted molar refractivity (Wildman–Crippen MR) is 73.8 cm³/mol. The van der Waals surface area contributed by atoms with Crippen molar-refractivity contribution in [2.45, 2.75) is 26.8 Å². The van der Waals surface area contributed by atoms with Gasteiger partial charge in [0.15, 0.2) is 5.12 Å². The van der Waals surface area contributed by atoms with E-state index in [1.54, 1.807) is 21.6 Å². The van der Waals surface area contributed by atoms with Crippen LogP contribution < -0.4 is 5.32 Å². The lowest BCUT2D eigenvalue weighted by atomic mass is 9.98. The van der Waals surface area contributed by atoms with E-state index in [9.17, 15) is 9.59 Å². The monoisotopic (exact) mass is 279 g/mol. The molecule has 0 aromatic carbocycles. The molecule has 0 aromatic rings. The van der Waals surface area contributed by atoms with Crippen molar-refractivity contribution in [3.05, 3.63) is 0 Å². The lowest BCUT2D eigenvalue weighted by molar-refractivity contribution is -0.119. The highest BCUT2D eigenvalue weighted by atomic mass is 33.1. The summed E-state index contributed by atoms with van der Waals surface area (Å²) >= 11 is 1.34. The van der Waals surface area contributed by atoms with Crippen LogP contribution in [-0.4, -0.2) is 34.3 Å². The first-order valence-electron chi connectivity index (χ1n) is 5.13. The van der Waals surface area contributed by atoms with E-state index >= 15 is 0 Å². The maximum Gasteiger partial charge on any atom is 0.217 e. The first-order chi connectivity index (χ1) is 7.44. The first-order valence-corrected chi connectivity index (χ1v) is 8.60. The minimum atomic E-state index is -0.185. The number of thioether (sulfide) groups is 1. The second-order valence-electron chi connectivity index (χ2n) is 4.29. The summed E-state index contributed by atoms with van der Waals surface area (Å²) in [6.07, 6.45) is 0. The minimum Gasteiger partial charge on any atom is -0.353 e. The molecule has 0 saturated carbocycles. The summed E-state index contributed by atoms with van der Waals surface area (Å²) in [5.74, 6) is 2.41. The van der Waals surface area contributed by atoms with Gasteiger partial charge in [-0.15, -0.1) is 0 Å². The Morgan fingerprint density at radius 3 is 2.50 bits per heavy atom. The summed E-state index contributed by atoms with van der Waals surface area (Å²) in [6, 6.07) is 0.0526. The molecule has 1 unspecified atom stereocenters. The van der Waals surface area contributed by atoms with Gasteiger partial charge in [0.05, 0.1) is 5.41 Å². The van der Waals surface area contributed by atoms with Gasteiger partial charge in [-0.2, -0.15) is 0 Å². The summed E-state index contributed by atoms with van der Waals surface area (Å²) in [4.78, 5) is 22.8. The van der Waals surface area contributed by atoms with Crippen LogP contribution in [0, 0.1) is 5.41 Å². The average molecular weight is 279 g/mol. The molecular formula is C10H17NO2S3. The zero-order chi connectivity index (χ0) is 12.2. The van der Waals surface area contributed by atoms with E-state index in [-0.39, 0.29) is 22.5 Å². The molecule has 0 radical (unpaired) electrons. The molecular weight excluding hydrogens is 262 g/mol. The van der Waals surface area contributed by atoms with E-state index in [0.717, 1.165) is 11.5 Å². The van der Waals surface area contributed by atoms with Gasteiger partial charge in [0.25, 0.3) is 0 Å². The molecule has 1 saturated heterocycles. The normalized spacial score (nSPS) is 20.4. The third-order valence-corrected chi connectivity index (χ3v) is 6.55. The quantitative estimate of drug-likeness (QED) is 0.799. The molecule has 1 fully saturated rings. The van der Waals surface area contributed by atoms with E-state index in [0.29, 0.717) is 5.75 Å². The molecule has 92 valence electrons. The molecule has 1 aliphatic rings. The Balaban J connectivity index is 2.32. The van der Waals surface area contributed by atoms with E-state index in [1.807, 2.05) is 13.8 Å². The van der Waals surface area contributed by atoms with Gasteiger partial charge in [-0.25, -0.2) is 0 Å². The molecule has 0 bridgehead atoms. The third kappa shape index (κ3) is 4.22. The van der Waals surface area contributed by atoms with Crippen molar-refractivity contribution in [2.75, 3.05) is 17.3 Å². The zero-order valence-corrected chi connectivity index (χ0v) is 12.2. The second-order valence-corrected chi connectivity index (χ2v) is 7.74. The fourth-order valence-electron chi connectivity index (χ4n) is 1.27. The largest absolute Gasteiger partial charge is 0.353 e. The molecule has 1 aliphatic heterocycles. The smallest absolute Gasteiger partial charge is 0.217 e. The lowest BCUT2D eigenvalue weighted by Crippen LogP contribution is -2.34. The molecule has 1 rings (SSSR count). The highest BCUT2D eigenvalue weighted by Crippen LogP contribution is 2.45. The van der Waals surface area contributed by atoms with Gasteiger partial charge in [-0.1, -0.05) is 40.3 Å². The van der Waals surface area contributed by atoms with Gasteiger partial charge in [0.2, 0.25) is 5.91 Å². The molecule has 6 heteroatoms. The Labute approximate surface area is 109 Å². The number of hydrogen-bond acceptors (Lipinski definition) is 5. The van der Waals surface area contributed by atoms with Crippen LogP contribution in [0.25, 0.3) is 0 Å². The fraction of sp³-hybridized carbons (Fsp3) is 0.800. The standard InChI is InChI=1S/C10H17NO2S3/c1-7(11-8(2)12)4-14-9(13)10(3)5-15-16-6-10/h7H,4-6H2,1-3H3,(H,11,12). The molecule has 1 heterocycles. The summed E-state index contributed by atoms with van der Waals surface area (Å²) in [5, 5.41) is 3.03. The van der Waals surface area contributed by atoms with Crippen LogP contribution in [-0.2, 0) is 9.59 Å². The van der Waals surface area contributed by atoms with E-state index < -0.39 is 0 Å². The van der Waals surface area contributed by atoms with E-state index in [4.69, 9.17) is 0 Å². The number of amides is 1. The Kier molecular flexibility index (Phi) is 5.53. The molecule has 3 nitrogen and oxygen atoms in total. The SMILES string of the molecule is CC(=O)NC(C)CSC(=O)C1(C)CSSC1. The Hall–Kier alpha value is 0.190. The van der Waals surface area contributed by atoms with Crippen LogP contribution in [0.1, 0.15) is 20.8 Å². The number of rotatable bonds is 4. The minimum absolute atomic E-state index is 0.0428. The number of hydrogen-bond donors (Lipinski definition) is 1. The highest BCUT2D eigenvalue weighted by molar-refractivity contribution is 8.77. The second kappa shape index (κ2) is 6.21. The lowest BCUT2D eigenvalue weighted by Gasteiger charge is -2.20. The number of carbonyl (C=O) groups is 2. The Morgan fingerprint density at radius 1 is 1.44 bits per heavy atom. The maximum absolute atomic E-state index is 12.0. The van der Waals surface area contributed by atoms with Crippen LogP contribution in [0.5, 0.6) is 0 Å². The number of carbonyl (C=O) groups excluding carboxylic acids is 2. The fourth-order valence-corrected chi connectivity index (χ4v) is 5.77. The maximum atomic E-state index is 12.0. The van der Waals surface area contributed by atoms with Gasteiger partial charge < -0.3 is 5.32 Å². The van der Waals surface area contributed by atoms with Crippen molar-refractivity contribution >= 4 is 44.4 Å². The van der Waals surface area contributed by atoms with Crippen molar-refractivity contribution in [1.29, 1.82) is 0 Å².